The summed E-state index contributed by atoms with van der Waals surface area (Å²) >= 11 is 1.22. The highest BCUT2D eigenvalue weighted by atomic mass is 32.2. The van der Waals surface area contributed by atoms with Crippen LogP contribution in [0.5, 0.6) is 0 Å². The molecule has 0 bridgehead atoms. The molecule has 0 spiro atoms. The van der Waals surface area contributed by atoms with E-state index in [9.17, 15) is 8.42 Å². The van der Waals surface area contributed by atoms with E-state index in [0.717, 1.165) is 39.0 Å². The standard InChI is InChI=1S/C36H30N4O2S2/c1-25-31(26-18-19-32-30(22-26)35(38-24-37-32)33-20-21-34(43-33)44(2,41)42)23-40(39-25)36(27-12-6-3-7-13-27,28-14-8-4-9-15-28)29-16-10-5-11-17-29/h3-16,18-24,29H,17H2,1-2H3. The molecule has 44 heavy (non-hydrogen) atoms. The Morgan fingerprint density at radius 1 is 0.886 bits per heavy atom. The van der Waals surface area contributed by atoms with Gasteiger partial charge in [0.15, 0.2) is 9.84 Å². The van der Waals surface area contributed by atoms with Crippen molar-refractivity contribution in [2.45, 2.75) is 23.1 Å². The molecule has 0 N–H and O–H groups in total. The van der Waals surface area contributed by atoms with Crippen molar-refractivity contribution >= 4 is 32.1 Å². The zero-order chi connectivity index (χ0) is 30.3. The van der Waals surface area contributed by atoms with E-state index in [1.165, 1.54) is 35.0 Å². The molecular formula is C36H30N4O2S2. The minimum Gasteiger partial charge on any atom is -0.256 e. The lowest BCUT2D eigenvalue weighted by molar-refractivity contribution is 0.292. The molecule has 0 fully saturated rings. The Labute approximate surface area is 261 Å². The lowest BCUT2D eigenvalue weighted by atomic mass is 9.70. The number of aryl methyl sites for hydroxylation is 1. The molecule has 0 radical (unpaired) electrons. The van der Waals surface area contributed by atoms with Crippen molar-refractivity contribution in [1.82, 2.24) is 19.7 Å². The van der Waals surface area contributed by atoms with Gasteiger partial charge in [-0.2, -0.15) is 5.10 Å². The molecule has 6 nitrogen and oxygen atoms in total. The molecule has 1 aliphatic carbocycles. The molecule has 218 valence electrons. The van der Waals surface area contributed by atoms with Crippen molar-refractivity contribution in [3.63, 3.8) is 0 Å². The number of fused-ring (bicyclic) bond motifs is 1. The van der Waals surface area contributed by atoms with Gasteiger partial charge in [-0.1, -0.05) is 91.0 Å². The summed E-state index contributed by atoms with van der Waals surface area (Å²) in [5.41, 5.74) is 6.16. The smallest absolute Gasteiger partial charge is 0.184 e. The van der Waals surface area contributed by atoms with Crippen LogP contribution >= 0.6 is 11.3 Å². The van der Waals surface area contributed by atoms with E-state index in [4.69, 9.17) is 5.10 Å². The van der Waals surface area contributed by atoms with E-state index in [-0.39, 0.29) is 5.92 Å². The van der Waals surface area contributed by atoms with Gasteiger partial charge in [-0.05, 0) is 54.3 Å². The zero-order valence-corrected chi connectivity index (χ0v) is 26.0. The Morgan fingerprint density at radius 3 is 2.25 bits per heavy atom. The van der Waals surface area contributed by atoms with Gasteiger partial charge in [0, 0.05) is 29.3 Å². The third kappa shape index (κ3) is 4.80. The summed E-state index contributed by atoms with van der Waals surface area (Å²) in [5, 5.41) is 6.10. The number of allylic oxidation sites excluding steroid dienone is 4. The van der Waals surface area contributed by atoms with E-state index >= 15 is 0 Å². The number of sulfone groups is 1. The Kier molecular flexibility index (Phi) is 7.11. The van der Waals surface area contributed by atoms with Crippen LogP contribution in [0.2, 0.25) is 0 Å². The second kappa shape index (κ2) is 11.1. The summed E-state index contributed by atoms with van der Waals surface area (Å²) in [6.07, 6.45) is 14.6. The number of thiophene rings is 1. The summed E-state index contributed by atoms with van der Waals surface area (Å²) in [6, 6.07) is 30.9. The fourth-order valence-electron chi connectivity index (χ4n) is 6.30. The molecule has 0 saturated carbocycles. The van der Waals surface area contributed by atoms with Crippen molar-refractivity contribution in [2.75, 3.05) is 6.26 Å². The summed E-state index contributed by atoms with van der Waals surface area (Å²) in [4.78, 5) is 9.87. The first kappa shape index (κ1) is 28.1. The second-order valence-electron chi connectivity index (χ2n) is 11.1. The van der Waals surface area contributed by atoms with Crippen LogP contribution in [-0.4, -0.2) is 34.4 Å². The maximum Gasteiger partial charge on any atom is 0.184 e. The Balaban J connectivity index is 1.42. The van der Waals surface area contributed by atoms with E-state index in [0.29, 0.717) is 9.90 Å². The average Bonchev–Trinajstić information content (AvgIpc) is 3.71. The first-order chi connectivity index (χ1) is 21.4. The molecule has 3 aromatic carbocycles. The predicted molar refractivity (Wildman–Crippen MR) is 177 cm³/mol. The zero-order valence-electron chi connectivity index (χ0n) is 24.3. The van der Waals surface area contributed by atoms with Crippen LogP contribution in [0.1, 0.15) is 23.2 Å². The molecule has 0 saturated heterocycles. The molecule has 8 heteroatoms. The highest BCUT2D eigenvalue weighted by molar-refractivity contribution is 7.92. The van der Waals surface area contributed by atoms with Gasteiger partial charge < -0.3 is 0 Å². The quantitative estimate of drug-likeness (QED) is 0.183. The third-order valence-electron chi connectivity index (χ3n) is 8.33. The van der Waals surface area contributed by atoms with Gasteiger partial charge in [-0.25, -0.2) is 18.4 Å². The number of hydrogen-bond acceptors (Lipinski definition) is 6. The van der Waals surface area contributed by atoms with Crippen molar-refractivity contribution in [1.29, 1.82) is 0 Å². The SMILES string of the molecule is Cc1nn(C(c2ccccc2)(c2ccccc2)C2C=CC=CC2)cc1-c1ccc2ncnc(-c3ccc(S(C)(=O)=O)s3)c2c1. The van der Waals surface area contributed by atoms with E-state index in [1.807, 2.05) is 19.1 Å². The molecule has 1 aliphatic rings. The molecule has 1 atom stereocenters. The minimum absolute atomic E-state index is 0.129. The molecule has 3 aromatic heterocycles. The number of rotatable bonds is 7. The molecule has 7 rings (SSSR count). The van der Waals surface area contributed by atoms with Gasteiger partial charge in [-0.15, -0.1) is 11.3 Å². The summed E-state index contributed by atoms with van der Waals surface area (Å²) in [6.45, 7) is 2.05. The Hall–Kier alpha value is -4.66. The summed E-state index contributed by atoms with van der Waals surface area (Å²) in [7, 11) is -3.31. The summed E-state index contributed by atoms with van der Waals surface area (Å²) in [5.74, 6) is 0.129. The first-order valence-corrected chi connectivity index (χ1v) is 17.1. The van der Waals surface area contributed by atoms with Crippen LogP contribution < -0.4 is 0 Å². The molecule has 6 aromatic rings. The van der Waals surface area contributed by atoms with E-state index < -0.39 is 15.4 Å². The van der Waals surface area contributed by atoms with Crippen LogP contribution in [0, 0.1) is 12.8 Å². The highest BCUT2D eigenvalue weighted by Gasteiger charge is 2.44. The number of benzene rings is 3. The number of aromatic nitrogens is 4. The first-order valence-electron chi connectivity index (χ1n) is 14.4. The Bertz CT molecular complexity index is 2110. The average molecular weight is 615 g/mol. The Morgan fingerprint density at radius 2 is 1.61 bits per heavy atom. The topological polar surface area (TPSA) is 77.7 Å². The maximum absolute atomic E-state index is 12.2. The van der Waals surface area contributed by atoms with Crippen molar-refractivity contribution in [3.05, 3.63) is 145 Å². The molecule has 0 amide bonds. The molecule has 1 unspecified atom stereocenters. The summed E-state index contributed by atoms with van der Waals surface area (Å²) < 4.78 is 26.8. The predicted octanol–water partition coefficient (Wildman–Crippen LogP) is 7.86. The normalized spacial score (nSPS) is 15.2. The van der Waals surface area contributed by atoms with Gasteiger partial charge >= 0.3 is 0 Å². The molecular weight excluding hydrogens is 585 g/mol. The van der Waals surface area contributed by atoms with Crippen LogP contribution in [0.15, 0.2) is 132 Å². The van der Waals surface area contributed by atoms with Gasteiger partial charge in [0.1, 0.15) is 16.1 Å². The largest absolute Gasteiger partial charge is 0.256 e. The van der Waals surface area contributed by atoms with E-state index in [1.54, 1.807) is 6.07 Å². The van der Waals surface area contributed by atoms with Crippen LogP contribution in [0.25, 0.3) is 32.6 Å². The molecule has 0 aliphatic heterocycles. The van der Waals surface area contributed by atoms with Crippen LogP contribution in [0.3, 0.4) is 0 Å². The van der Waals surface area contributed by atoms with Gasteiger partial charge in [0.2, 0.25) is 0 Å². The maximum atomic E-state index is 12.2. The fraction of sp³-hybridized carbons (Fsp3) is 0.139. The van der Waals surface area contributed by atoms with Crippen LogP contribution in [-0.2, 0) is 15.4 Å². The second-order valence-corrected chi connectivity index (χ2v) is 14.4. The lowest BCUT2D eigenvalue weighted by Gasteiger charge is -2.41. The number of nitrogens with zero attached hydrogens (tertiary/aromatic N) is 4. The highest BCUT2D eigenvalue weighted by Crippen LogP contribution is 2.45. The number of hydrogen-bond donors (Lipinski definition) is 0. The minimum atomic E-state index is -3.31. The van der Waals surface area contributed by atoms with Crippen molar-refractivity contribution in [3.8, 4) is 21.7 Å². The van der Waals surface area contributed by atoms with Crippen molar-refractivity contribution < 1.29 is 8.42 Å². The van der Waals surface area contributed by atoms with Crippen molar-refractivity contribution in [2.24, 2.45) is 5.92 Å². The van der Waals surface area contributed by atoms with Gasteiger partial charge in [0.25, 0.3) is 0 Å². The van der Waals surface area contributed by atoms with E-state index in [2.05, 4.69) is 118 Å². The van der Waals surface area contributed by atoms with Gasteiger partial charge in [0.05, 0.1) is 21.8 Å². The van der Waals surface area contributed by atoms with Gasteiger partial charge in [-0.3, -0.25) is 4.68 Å². The monoisotopic (exact) mass is 614 g/mol. The van der Waals surface area contributed by atoms with Crippen LogP contribution in [0.4, 0.5) is 0 Å². The lowest BCUT2D eigenvalue weighted by Crippen LogP contribution is -2.43. The third-order valence-corrected chi connectivity index (χ3v) is 11.2. The molecule has 3 heterocycles. The fourth-order valence-corrected chi connectivity index (χ4v) is 8.23.